The van der Waals surface area contributed by atoms with Gasteiger partial charge in [0.05, 0.1) is 11.3 Å². The molecule has 1 amide bonds. The largest absolute Gasteiger partial charge is 0.294 e. The molecule has 2 heterocycles. The molecular formula is C12H14ClN3O2. The van der Waals surface area contributed by atoms with E-state index in [0.717, 1.165) is 0 Å². The minimum absolute atomic E-state index is 0.0179. The lowest BCUT2D eigenvalue weighted by Gasteiger charge is -2.14. The third kappa shape index (κ3) is 2.36. The van der Waals surface area contributed by atoms with Gasteiger partial charge in [0, 0.05) is 25.0 Å². The van der Waals surface area contributed by atoms with Gasteiger partial charge in [-0.2, -0.15) is 0 Å². The number of halogens is 1. The molecule has 0 bridgehead atoms. The van der Waals surface area contributed by atoms with E-state index in [-0.39, 0.29) is 17.6 Å². The second-order valence-corrected chi connectivity index (χ2v) is 4.76. The third-order valence-electron chi connectivity index (χ3n) is 3.01. The molecule has 1 saturated heterocycles. The van der Waals surface area contributed by atoms with E-state index >= 15 is 0 Å². The number of carbonyl (C=O) groups excluding carboxylic acids is 2. The van der Waals surface area contributed by atoms with Crippen LogP contribution in [0.1, 0.15) is 29.4 Å². The lowest BCUT2D eigenvalue weighted by Crippen LogP contribution is -2.27. The van der Waals surface area contributed by atoms with Gasteiger partial charge in [0.15, 0.2) is 5.78 Å². The van der Waals surface area contributed by atoms with Crippen LogP contribution in [0.25, 0.3) is 0 Å². The number of carbonyl (C=O) groups is 2. The molecule has 1 aromatic heterocycles. The highest BCUT2D eigenvalue weighted by Crippen LogP contribution is 2.23. The van der Waals surface area contributed by atoms with Gasteiger partial charge in [0.1, 0.15) is 0 Å². The van der Waals surface area contributed by atoms with Gasteiger partial charge in [0.2, 0.25) is 11.9 Å². The summed E-state index contributed by atoms with van der Waals surface area (Å²) in [4.78, 5) is 32.9. The summed E-state index contributed by atoms with van der Waals surface area (Å²) in [7, 11) is 0. The molecule has 2 rings (SSSR count). The van der Waals surface area contributed by atoms with Gasteiger partial charge < -0.3 is 0 Å². The summed E-state index contributed by atoms with van der Waals surface area (Å²) in [6.45, 7) is 3.75. The SMILES string of the molecule is CC(=O)c1cnc(N2CC(CCl)CC2=O)nc1C. The molecule has 1 aliphatic rings. The van der Waals surface area contributed by atoms with E-state index in [0.29, 0.717) is 36.1 Å². The highest BCUT2D eigenvalue weighted by molar-refractivity contribution is 6.18. The van der Waals surface area contributed by atoms with Crippen LogP contribution < -0.4 is 4.90 Å². The van der Waals surface area contributed by atoms with E-state index in [9.17, 15) is 9.59 Å². The molecule has 0 aliphatic carbocycles. The number of amides is 1. The minimum Gasteiger partial charge on any atom is -0.294 e. The first-order valence-electron chi connectivity index (χ1n) is 5.73. The molecule has 0 N–H and O–H groups in total. The maximum Gasteiger partial charge on any atom is 0.232 e. The van der Waals surface area contributed by atoms with Gasteiger partial charge in [-0.3, -0.25) is 14.5 Å². The first kappa shape index (κ1) is 13.0. The lowest BCUT2D eigenvalue weighted by atomic mass is 10.1. The Balaban J connectivity index is 2.27. The maximum atomic E-state index is 11.8. The highest BCUT2D eigenvalue weighted by atomic mass is 35.5. The molecule has 0 saturated carbocycles. The fraction of sp³-hybridized carbons (Fsp3) is 0.500. The molecule has 0 aromatic carbocycles. The van der Waals surface area contributed by atoms with Gasteiger partial charge in [0.25, 0.3) is 0 Å². The van der Waals surface area contributed by atoms with Crippen molar-refractivity contribution in [2.45, 2.75) is 20.3 Å². The zero-order chi connectivity index (χ0) is 13.3. The molecule has 96 valence electrons. The molecule has 1 aromatic rings. The normalized spacial score (nSPS) is 19.4. The smallest absolute Gasteiger partial charge is 0.232 e. The van der Waals surface area contributed by atoms with Gasteiger partial charge in [-0.05, 0) is 19.8 Å². The van der Waals surface area contributed by atoms with Crippen LogP contribution in [0.15, 0.2) is 6.20 Å². The fourth-order valence-corrected chi connectivity index (χ4v) is 2.22. The Morgan fingerprint density at radius 1 is 1.61 bits per heavy atom. The Morgan fingerprint density at radius 3 is 2.83 bits per heavy atom. The minimum atomic E-state index is -0.0783. The zero-order valence-electron chi connectivity index (χ0n) is 10.3. The Morgan fingerprint density at radius 2 is 2.33 bits per heavy atom. The van der Waals surface area contributed by atoms with E-state index < -0.39 is 0 Å². The van der Waals surface area contributed by atoms with Gasteiger partial charge in [-0.15, -0.1) is 11.6 Å². The van der Waals surface area contributed by atoms with Crippen molar-refractivity contribution in [3.05, 3.63) is 17.5 Å². The molecule has 0 radical (unpaired) electrons. The topological polar surface area (TPSA) is 63.2 Å². The van der Waals surface area contributed by atoms with Gasteiger partial charge >= 0.3 is 0 Å². The summed E-state index contributed by atoms with van der Waals surface area (Å²) in [5.74, 6) is 0.860. The first-order chi connectivity index (χ1) is 8.52. The van der Waals surface area contributed by atoms with Crippen molar-refractivity contribution in [2.24, 2.45) is 5.92 Å². The Bertz CT molecular complexity index is 504. The third-order valence-corrected chi connectivity index (χ3v) is 3.45. The van der Waals surface area contributed by atoms with E-state index in [1.54, 1.807) is 6.92 Å². The highest BCUT2D eigenvalue weighted by Gasteiger charge is 2.31. The fourth-order valence-electron chi connectivity index (χ4n) is 2.01. The van der Waals surface area contributed by atoms with Crippen molar-refractivity contribution in [3.8, 4) is 0 Å². The van der Waals surface area contributed by atoms with Crippen molar-refractivity contribution >= 4 is 29.2 Å². The monoisotopic (exact) mass is 267 g/mol. The Kier molecular flexibility index (Phi) is 3.61. The van der Waals surface area contributed by atoms with Crippen LogP contribution in [0, 0.1) is 12.8 Å². The van der Waals surface area contributed by atoms with E-state index in [4.69, 9.17) is 11.6 Å². The average Bonchev–Trinajstić information content (AvgIpc) is 2.70. The van der Waals surface area contributed by atoms with Crippen LogP contribution in [-0.2, 0) is 4.79 Å². The number of alkyl halides is 1. The van der Waals surface area contributed by atoms with Crippen molar-refractivity contribution in [1.29, 1.82) is 0 Å². The number of aryl methyl sites for hydroxylation is 1. The molecule has 0 spiro atoms. The standard InChI is InChI=1S/C12H14ClN3O2/c1-7-10(8(2)17)5-14-12(15-7)16-6-9(4-13)3-11(16)18/h5,9H,3-4,6H2,1-2H3. The quantitative estimate of drug-likeness (QED) is 0.616. The van der Waals surface area contributed by atoms with E-state index in [1.807, 2.05) is 0 Å². The molecule has 18 heavy (non-hydrogen) atoms. The van der Waals surface area contributed by atoms with Crippen LogP contribution in [-0.4, -0.2) is 34.1 Å². The van der Waals surface area contributed by atoms with Crippen molar-refractivity contribution < 1.29 is 9.59 Å². The number of anilines is 1. The van der Waals surface area contributed by atoms with Crippen LogP contribution in [0.5, 0.6) is 0 Å². The number of hydrogen-bond acceptors (Lipinski definition) is 4. The lowest BCUT2D eigenvalue weighted by molar-refractivity contribution is -0.117. The van der Waals surface area contributed by atoms with Crippen LogP contribution in [0.3, 0.4) is 0 Å². The number of ketones is 1. The van der Waals surface area contributed by atoms with Crippen LogP contribution in [0.4, 0.5) is 5.95 Å². The van der Waals surface area contributed by atoms with Crippen molar-refractivity contribution in [1.82, 2.24) is 9.97 Å². The van der Waals surface area contributed by atoms with Crippen LogP contribution in [0.2, 0.25) is 0 Å². The average molecular weight is 268 g/mol. The summed E-state index contributed by atoms with van der Waals surface area (Å²) in [6, 6.07) is 0. The molecule has 1 fully saturated rings. The van der Waals surface area contributed by atoms with E-state index in [1.165, 1.54) is 18.0 Å². The zero-order valence-corrected chi connectivity index (χ0v) is 11.1. The molecule has 1 atom stereocenters. The molecule has 6 heteroatoms. The molecule has 1 unspecified atom stereocenters. The predicted octanol–water partition coefficient (Wildman–Crippen LogP) is 1.58. The summed E-state index contributed by atoms with van der Waals surface area (Å²) < 4.78 is 0. The van der Waals surface area contributed by atoms with Gasteiger partial charge in [-0.25, -0.2) is 9.97 Å². The summed E-state index contributed by atoms with van der Waals surface area (Å²) in [5.41, 5.74) is 1.08. The van der Waals surface area contributed by atoms with Crippen LogP contribution >= 0.6 is 11.6 Å². The number of rotatable bonds is 3. The predicted molar refractivity (Wildman–Crippen MR) is 68.0 cm³/mol. The summed E-state index contributed by atoms with van der Waals surface area (Å²) in [6.07, 6.45) is 1.90. The Labute approximate surface area is 110 Å². The Hall–Kier alpha value is -1.49. The summed E-state index contributed by atoms with van der Waals surface area (Å²) >= 11 is 5.76. The van der Waals surface area contributed by atoms with Crippen molar-refractivity contribution in [2.75, 3.05) is 17.3 Å². The first-order valence-corrected chi connectivity index (χ1v) is 6.27. The number of nitrogens with zero attached hydrogens (tertiary/aromatic N) is 3. The maximum absolute atomic E-state index is 11.8. The number of aromatic nitrogens is 2. The van der Waals surface area contributed by atoms with E-state index in [2.05, 4.69) is 9.97 Å². The second kappa shape index (κ2) is 5.02. The molecule has 1 aliphatic heterocycles. The summed E-state index contributed by atoms with van der Waals surface area (Å²) in [5, 5.41) is 0. The number of Topliss-reactive ketones (excluding diaryl/α,β-unsaturated/α-hetero) is 1. The molecular weight excluding hydrogens is 254 g/mol. The number of hydrogen-bond donors (Lipinski definition) is 0. The second-order valence-electron chi connectivity index (χ2n) is 4.45. The van der Waals surface area contributed by atoms with Crippen molar-refractivity contribution in [3.63, 3.8) is 0 Å². The molecule has 5 nitrogen and oxygen atoms in total. The van der Waals surface area contributed by atoms with Gasteiger partial charge in [-0.1, -0.05) is 0 Å².